The Morgan fingerprint density at radius 1 is 1.27 bits per heavy atom. The van der Waals surface area contributed by atoms with Gasteiger partial charge in [-0.25, -0.2) is 4.98 Å². The number of nitrogens with zero attached hydrogens (tertiary/aromatic N) is 1. The Hall–Kier alpha value is -2.09. The number of carbonyl (C=O) groups excluding carboxylic acids is 1. The molecular formula is C18H19F3N2O2S. The largest absolute Gasteiger partial charge is 0.497 e. The van der Waals surface area contributed by atoms with Gasteiger partial charge >= 0.3 is 6.18 Å². The number of halogens is 3. The minimum absolute atomic E-state index is 0.0648. The Balaban J connectivity index is 1.64. The Bertz CT molecular complexity index is 759. The lowest BCUT2D eigenvalue weighted by molar-refractivity contribution is -0.183. The Labute approximate surface area is 153 Å². The van der Waals surface area contributed by atoms with Crippen molar-refractivity contribution < 1.29 is 22.7 Å². The summed E-state index contributed by atoms with van der Waals surface area (Å²) in [5, 5.41) is 5.01. The van der Waals surface area contributed by atoms with Crippen LogP contribution in [-0.4, -0.2) is 30.2 Å². The summed E-state index contributed by atoms with van der Waals surface area (Å²) in [4.78, 5) is 16.7. The molecule has 1 saturated carbocycles. The van der Waals surface area contributed by atoms with Gasteiger partial charge in [0.05, 0.1) is 13.0 Å². The zero-order chi connectivity index (χ0) is 18.7. The van der Waals surface area contributed by atoms with Crippen molar-refractivity contribution in [1.29, 1.82) is 0 Å². The van der Waals surface area contributed by atoms with Gasteiger partial charge in [-0.05, 0) is 43.5 Å². The zero-order valence-corrected chi connectivity index (χ0v) is 15.0. The first kappa shape index (κ1) is 18.7. The highest BCUT2D eigenvalue weighted by Gasteiger charge is 2.42. The first-order valence-corrected chi connectivity index (χ1v) is 9.22. The third kappa shape index (κ3) is 4.35. The Morgan fingerprint density at radius 3 is 2.65 bits per heavy atom. The maximum absolute atomic E-state index is 12.9. The number of hydrogen-bond donors (Lipinski definition) is 1. The number of carbonyl (C=O) groups is 1. The van der Waals surface area contributed by atoms with Gasteiger partial charge in [0.15, 0.2) is 0 Å². The van der Waals surface area contributed by atoms with Crippen LogP contribution < -0.4 is 10.1 Å². The molecule has 1 aromatic heterocycles. The molecule has 2 atom stereocenters. The number of alkyl halides is 3. The number of benzene rings is 1. The third-order valence-corrected chi connectivity index (χ3v) is 5.44. The summed E-state index contributed by atoms with van der Waals surface area (Å²) < 4.78 is 43.8. The number of methoxy groups -OCH3 is 1. The number of amides is 1. The standard InChI is InChI=1S/C18H19F3N2O2S/c1-25-14-7-5-11(6-8-14)17-23-15(10-26-17)16(24)22-13-4-2-3-12(9-13)18(19,20)21/h5-8,10,12-13H,2-4,9H2,1H3,(H,22,24). The van der Waals surface area contributed by atoms with Gasteiger partial charge in [0.1, 0.15) is 16.5 Å². The molecule has 140 valence electrons. The van der Waals surface area contributed by atoms with Crippen LogP contribution >= 0.6 is 11.3 Å². The summed E-state index contributed by atoms with van der Waals surface area (Å²) in [5.74, 6) is -1.04. The van der Waals surface area contributed by atoms with E-state index < -0.39 is 24.0 Å². The molecule has 3 rings (SSSR count). The molecule has 2 aromatic rings. The van der Waals surface area contributed by atoms with E-state index in [1.165, 1.54) is 11.3 Å². The number of ether oxygens (including phenoxy) is 1. The number of thiazole rings is 1. The lowest BCUT2D eigenvalue weighted by Gasteiger charge is -2.30. The topological polar surface area (TPSA) is 51.2 Å². The summed E-state index contributed by atoms with van der Waals surface area (Å²) in [5.41, 5.74) is 1.08. The molecule has 1 N–H and O–H groups in total. The number of hydrogen-bond acceptors (Lipinski definition) is 4. The minimum Gasteiger partial charge on any atom is -0.497 e. The lowest BCUT2D eigenvalue weighted by atomic mass is 9.85. The highest BCUT2D eigenvalue weighted by atomic mass is 32.1. The van der Waals surface area contributed by atoms with E-state index >= 15 is 0 Å². The van der Waals surface area contributed by atoms with E-state index in [-0.39, 0.29) is 18.5 Å². The first-order chi connectivity index (χ1) is 12.4. The van der Waals surface area contributed by atoms with Crippen molar-refractivity contribution in [3.05, 3.63) is 35.3 Å². The van der Waals surface area contributed by atoms with E-state index in [0.29, 0.717) is 17.8 Å². The minimum atomic E-state index is -4.20. The van der Waals surface area contributed by atoms with Gasteiger partial charge in [-0.3, -0.25) is 4.79 Å². The molecule has 0 radical (unpaired) electrons. The Morgan fingerprint density at radius 2 is 2.00 bits per heavy atom. The van der Waals surface area contributed by atoms with Gasteiger partial charge in [-0.1, -0.05) is 6.42 Å². The van der Waals surface area contributed by atoms with E-state index in [1.807, 2.05) is 12.1 Å². The van der Waals surface area contributed by atoms with Crippen molar-refractivity contribution in [2.45, 2.75) is 37.9 Å². The van der Waals surface area contributed by atoms with Crippen molar-refractivity contribution in [2.75, 3.05) is 7.11 Å². The molecule has 1 aromatic carbocycles. The number of aromatic nitrogens is 1. The van der Waals surface area contributed by atoms with Crippen molar-refractivity contribution in [3.63, 3.8) is 0 Å². The van der Waals surface area contributed by atoms with Crippen LogP contribution in [-0.2, 0) is 0 Å². The van der Waals surface area contributed by atoms with Crippen LogP contribution in [0.3, 0.4) is 0 Å². The van der Waals surface area contributed by atoms with Gasteiger partial charge in [0.2, 0.25) is 0 Å². The molecule has 0 saturated heterocycles. The van der Waals surface area contributed by atoms with E-state index in [0.717, 1.165) is 11.3 Å². The molecule has 26 heavy (non-hydrogen) atoms. The SMILES string of the molecule is COc1ccc(-c2nc(C(=O)NC3CCCC(C(F)(F)F)C3)cs2)cc1. The highest BCUT2D eigenvalue weighted by Crippen LogP contribution is 2.37. The average molecular weight is 384 g/mol. The number of nitrogens with one attached hydrogen (secondary N) is 1. The van der Waals surface area contributed by atoms with E-state index in [4.69, 9.17) is 4.74 Å². The summed E-state index contributed by atoms with van der Waals surface area (Å²) in [7, 11) is 1.58. The Kier molecular flexibility index (Phi) is 5.50. The molecule has 2 unspecified atom stereocenters. The van der Waals surface area contributed by atoms with E-state index in [2.05, 4.69) is 10.3 Å². The van der Waals surface area contributed by atoms with Gasteiger partial charge in [0.25, 0.3) is 5.91 Å². The molecule has 1 fully saturated rings. The lowest BCUT2D eigenvalue weighted by Crippen LogP contribution is -2.41. The maximum Gasteiger partial charge on any atom is 0.391 e. The molecule has 4 nitrogen and oxygen atoms in total. The van der Waals surface area contributed by atoms with Crippen molar-refractivity contribution in [3.8, 4) is 16.3 Å². The summed E-state index contributed by atoms with van der Waals surface area (Å²) in [6, 6.07) is 6.82. The summed E-state index contributed by atoms with van der Waals surface area (Å²) >= 11 is 1.32. The van der Waals surface area contributed by atoms with Gasteiger partial charge in [-0.2, -0.15) is 13.2 Å². The molecule has 1 heterocycles. The van der Waals surface area contributed by atoms with Crippen LogP contribution in [0, 0.1) is 5.92 Å². The predicted octanol–water partition coefficient (Wildman–Crippen LogP) is 4.67. The quantitative estimate of drug-likeness (QED) is 0.833. The highest BCUT2D eigenvalue weighted by molar-refractivity contribution is 7.13. The fourth-order valence-electron chi connectivity index (χ4n) is 3.12. The number of rotatable bonds is 4. The van der Waals surface area contributed by atoms with Crippen LogP contribution in [0.1, 0.15) is 36.2 Å². The monoisotopic (exact) mass is 384 g/mol. The zero-order valence-electron chi connectivity index (χ0n) is 14.2. The molecule has 1 aliphatic rings. The smallest absolute Gasteiger partial charge is 0.391 e. The molecule has 1 amide bonds. The third-order valence-electron chi connectivity index (χ3n) is 4.55. The fourth-order valence-corrected chi connectivity index (χ4v) is 3.93. The average Bonchev–Trinajstić information content (AvgIpc) is 3.11. The first-order valence-electron chi connectivity index (χ1n) is 8.34. The van der Waals surface area contributed by atoms with Crippen molar-refractivity contribution in [1.82, 2.24) is 10.3 Å². The molecule has 0 aliphatic heterocycles. The van der Waals surface area contributed by atoms with Gasteiger partial charge < -0.3 is 10.1 Å². The van der Waals surface area contributed by atoms with Crippen LogP contribution in [0.15, 0.2) is 29.6 Å². The molecule has 1 aliphatic carbocycles. The van der Waals surface area contributed by atoms with Crippen molar-refractivity contribution in [2.24, 2.45) is 5.92 Å². The predicted molar refractivity (Wildman–Crippen MR) is 93.4 cm³/mol. The van der Waals surface area contributed by atoms with Gasteiger partial charge in [0, 0.05) is 17.0 Å². The maximum atomic E-state index is 12.9. The second-order valence-corrected chi connectivity index (χ2v) is 7.20. The molecule has 0 bridgehead atoms. The fraction of sp³-hybridized carbons (Fsp3) is 0.444. The van der Waals surface area contributed by atoms with Gasteiger partial charge in [-0.15, -0.1) is 11.3 Å². The second-order valence-electron chi connectivity index (χ2n) is 6.34. The summed E-state index contributed by atoms with van der Waals surface area (Å²) in [6.07, 6.45) is -3.11. The van der Waals surface area contributed by atoms with Crippen LogP contribution in [0.2, 0.25) is 0 Å². The molecule has 8 heteroatoms. The molecule has 0 spiro atoms. The molecular weight excluding hydrogens is 365 g/mol. The van der Waals surface area contributed by atoms with Crippen LogP contribution in [0.4, 0.5) is 13.2 Å². The van der Waals surface area contributed by atoms with E-state index in [1.54, 1.807) is 24.6 Å². The van der Waals surface area contributed by atoms with Crippen LogP contribution in [0.25, 0.3) is 10.6 Å². The van der Waals surface area contributed by atoms with E-state index in [9.17, 15) is 18.0 Å². The normalized spacial score (nSPS) is 20.6. The van der Waals surface area contributed by atoms with Crippen LogP contribution in [0.5, 0.6) is 5.75 Å². The summed E-state index contributed by atoms with van der Waals surface area (Å²) in [6.45, 7) is 0. The van der Waals surface area contributed by atoms with Crippen molar-refractivity contribution >= 4 is 17.2 Å². The second kappa shape index (κ2) is 7.65.